The molecule has 30 nitrogen and oxygen atoms in total. The minimum atomic E-state index is -4.42. The van der Waals surface area contributed by atoms with Crippen LogP contribution in [0, 0.1) is 34.6 Å². The Labute approximate surface area is 726 Å². The van der Waals surface area contributed by atoms with E-state index in [2.05, 4.69) is 161 Å². The molecule has 19 aromatic rings. The molecule has 0 bridgehead atoms. The summed E-state index contributed by atoms with van der Waals surface area (Å²) >= 11 is 10.5. The van der Waals surface area contributed by atoms with Crippen molar-refractivity contribution in [2.45, 2.75) is 93.3 Å². The monoisotopic (exact) mass is 1760 g/mol. The maximum atomic E-state index is 12.8. The minimum Gasteiger partial charge on any atom is -0.379 e. The standard InChI is InChI=1S/C19H16ClN5O.2C18H17N5OS.C17H12F3N5OS.C16H19N5O/c1-12-2-4-13(5-3-12)18-23-19-22-16(10-17(26)25(19)24-18)11-21-15-8-6-14(20)7-9-15;1-11-5-3-6-12(2)16(11)19-10-13-9-15(24)23-18(20-13)21-17(22-23)14-7-4-8-25-14;1-11-5-6-14(12(2)8-11)19-10-13-9-16(24)23-18(20-13)21-17(22-23)15-4-3-7-25-15;18-17(19,20)10-3-1-4-11(7-10)21-9-12-8-14(26)25-16(22-12)23-15(24-25)13-5-2-6-27-13;1-2-3-9-17-11-13-10-14(22)21-16(18-13)19-15(20-21)12-7-5-4-6-8-12/h2-10,21H,11H2,1H3,(H,22,23,24);2*3-9,19H,10H2,1-2H3,(H,20,21,22);1-8,21H,9H2,(H,22,23,24);4-8,10,17H,2-3,9,11H2,1H3,(H,18,19,20). The van der Waals surface area contributed by atoms with Gasteiger partial charge in [-0.1, -0.05) is 145 Å². The number of aromatic amines is 5. The van der Waals surface area contributed by atoms with Gasteiger partial charge in [0.05, 0.1) is 74.8 Å². The number of halogens is 4. The van der Waals surface area contributed by atoms with Crippen LogP contribution in [0.1, 0.15) is 81.6 Å². The first kappa shape index (κ1) is 85.4. The van der Waals surface area contributed by atoms with Crippen molar-refractivity contribution in [2.24, 2.45) is 0 Å². The van der Waals surface area contributed by atoms with Gasteiger partial charge in [-0.3, -0.25) is 49.5 Å². The number of unbranched alkanes of at least 4 members (excludes halogenated alkanes) is 1. The number of nitrogens with zero attached hydrogens (tertiary/aromatic N) is 15. The van der Waals surface area contributed by atoms with Gasteiger partial charge in [-0.15, -0.1) is 34.0 Å². The first-order valence-electron chi connectivity index (χ1n) is 39.4. The molecule has 37 heteroatoms. The van der Waals surface area contributed by atoms with E-state index in [0.717, 1.165) is 96.6 Å². The number of hydrogen-bond acceptors (Lipinski definition) is 23. The second kappa shape index (κ2) is 38.6. The van der Waals surface area contributed by atoms with Gasteiger partial charge in [-0.2, -0.15) is 60.7 Å². The zero-order valence-electron chi connectivity index (χ0n) is 68.0. The summed E-state index contributed by atoms with van der Waals surface area (Å²) in [5.74, 6) is 4.80. The average Bonchev–Trinajstić information content (AvgIpc) is 1.67. The largest absolute Gasteiger partial charge is 0.416 e. The van der Waals surface area contributed by atoms with Crippen LogP contribution in [-0.4, -0.2) is 104 Å². The van der Waals surface area contributed by atoms with Crippen LogP contribution >= 0.6 is 45.6 Å². The number of aryl methyl sites for hydroxylation is 5. The summed E-state index contributed by atoms with van der Waals surface area (Å²) in [7, 11) is 0. The van der Waals surface area contributed by atoms with E-state index in [-0.39, 0.29) is 45.8 Å². The van der Waals surface area contributed by atoms with Gasteiger partial charge in [0.15, 0.2) is 29.1 Å². The van der Waals surface area contributed by atoms with Gasteiger partial charge in [0, 0.05) is 75.8 Å². The van der Waals surface area contributed by atoms with Crippen molar-refractivity contribution in [3.05, 3.63) is 341 Å². The van der Waals surface area contributed by atoms with Crippen LogP contribution in [0.5, 0.6) is 0 Å². The van der Waals surface area contributed by atoms with E-state index in [1.165, 1.54) is 75.9 Å². The second-order valence-corrected chi connectivity index (χ2v) is 32.0. The maximum Gasteiger partial charge on any atom is 0.416 e. The van der Waals surface area contributed by atoms with Crippen LogP contribution in [0.2, 0.25) is 5.02 Å². The third-order valence-electron chi connectivity index (χ3n) is 19.3. The number of fused-ring (bicyclic) bond motifs is 5. The molecule has 0 atom stereocenters. The van der Waals surface area contributed by atoms with Crippen molar-refractivity contribution in [3.8, 4) is 54.9 Å². The normalized spacial score (nSPS) is 11.2. The van der Waals surface area contributed by atoms with Crippen molar-refractivity contribution < 1.29 is 13.2 Å². The molecule has 0 aliphatic carbocycles. The summed E-state index contributed by atoms with van der Waals surface area (Å²) in [5, 5.41) is 37.5. The Kier molecular flexibility index (Phi) is 26.4. The highest BCUT2D eigenvalue weighted by molar-refractivity contribution is 7.14. The van der Waals surface area contributed by atoms with Gasteiger partial charge in [-0.25, -0.2) is 24.9 Å². The molecule has 0 unspecified atom stereocenters. The smallest absolute Gasteiger partial charge is 0.379 e. The van der Waals surface area contributed by atoms with E-state index in [1.807, 2.05) is 138 Å². The quantitative estimate of drug-likeness (QED) is 0.0282. The lowest BCUT2D eigenvalue weighted by Gasteiger charge is -2.12. The van der Waals surface area contributed by atoms with E-state index in [0.29, 0.717) is 112 Å². The Morgan fingerprint density at radius 1 is 0.368 bits per heavy atom. The number of aromatic nitrogens is 20. The lowest BCUT2D eigenvalue weighted by molar-refractivity contribution is -0.137. The molecule has 0 aliphatic rings. The van der Waals surface area contributed by atoms with Crippen LogP contribution in [-0.2, 0) is 38.9 Å². The summed E-state index contributed by atoms with van der Waals surface area (Å²) in [5.41, 5.74) is 12.3. The lowest BCUT2D eigenvalue weighted by atomic mass is 10.1. The van der Waals surface area contributed by atoms with Gasteiger partial charge in [0.2, 0.25) is 0 Å². The molecular weight excluding hydrogens is 1680 g/mol. The molecule has 0 radical (unpaired) electrons. The molecule has 13 aromatic heterocycles. The summed E-state index contributed by atoms with van der Waals surface area (Å²) in [6, 6.07) is 61.1. The summed E-state index contributed by atoms with van der Waals surface area (Å²) in [6.45, 7) is 15.4. The van der Waals surface area contributed by atoms with E-state index in [9.17, 15) is 37.1 Å². The molecule has 19 rings (SSSR count). The highest BCUT2D eigenvalue weighted by Crippen LogP contribution is 2.32. The van der Waals surface area contributed by atoms with Gasteiger partial charge < -0.3 is 26.6 Å². The van der Waals surface area contributed by atoms with Crippen molar-refractivity contribution in [1.82, 2.24) is 103 Å². The zero-order chi connectivity index (χ0) is 87.3. The predicted molar refractivity (Wildman–Crippen MR) is 484 cm³/mol. The Morgan fingerprint density at radius 3 is 1.20 bits per heavy atom. The summed E-state index contributed by atoms with van der Waals surface area (Å²) in [4.78, 5) is 109. The van der Waals surface area contributed by atoms with Crippen LogP contribution in [0.3, 0.4) is 0 Å². The zero-order valence-corrected chi connectivity index (χ0v) is 71.2. The van der Waals surface area contributed by atoms with Crippen LogP contribution in [0.15, 0.2) is 246 Å². The van der Waals surface area contributed by atoms with Gasteiger partial charge in [0.25, 0.3) is 56.7 Å². The molecule has 0 saturated carbocycles. The highest BCUT2D eigenvalue weighted by Gasteiger charge is 2.30. The third-order valence-corrected chi connectivity index (χ3v) is 22.2. The topological polar surface area (TPSA) is 375 Å². The van der Waals surface area contributed by atoms with Gasteiger partial charge in [0.1, 0.15) is 0 Å². The molecule has 0 aliphatic heterocycles. The fourth-order valence-corrected chi connectivity index (χ4v) is 15.1. The molecule has 10 N–H and O–H groups in total. The number of para-hydroxylation sites is 1. The minimum absolute atomic E-state index is 0.0915. The molecular formula is C88H81ClF3N25O5S3. The molecule has 0 amide bonds. The van der Waals surface area contributed by atoms with Crippen molar-refractivity contribution in [1.29, 1.82) is 0 Å². The van der Waals surface area contributed by atoms with Crippen LogP contribution in [0.25, 0.3) is 83.8 Å². The Bertz CT molecular complexity index is 7240. The van der Waals surface area contributed by atoms with Crippen LogP contribution in [0.4, 0.5) is 35.9 Å². The Morgan fingerprint density at radius 2 is 0.768 bits per heavy atom. The van der Waals surface area contributed by atoms with Crippen molar-refractivity contribution in [2.75, 3.05) is 27.8 Å². The van der Waals surface area contributed by atoms with Crippen molar-refractivity contribution >= 4 is 97.2 Å². The number of thiophene rings is 3. The number of rotatable bonds is 22. The summed E-state index contributed by atoms with van der Waals surface area (Å²) < 4.78 is 45.0. The fraction of sp³-hybridized carbons (Fsp3) is 0.170. The Hall–Kier alpha value is -14.6. The molecule has 0 fully saturated rings. The molecule has 0 spiro atoms. The fourth-order valence-electron chi connectivity index (χ4n) is 13.0. The molecule has 125 heavy (non-hydrogen) atoms. The molecule has 6 aromatic carbocycles. The first-order chi connectivity index (χ1) is 60.5. The maximum absolute atomic E-state index is 12.8. The average molecular weight is 1760 g/mol. The number of benzene rings is 6. The first-order valence-corrected chi connectivity index (χ1v) is 42.4. The number of nitrogens with one attached hydrogen (secondary N) is 10. The SMILES string of the molecule is CCCCNCc1cc(=O)n2[nH]c(-c3ccccc3)nc2n1.Cc1ccc(-c2nc3nc(CNc4ccc(Cl)cc4)cc(=O)n3[nH]2)cc1.Cc1ccc(NCc2cc(=O)n3[nH]c(-c4cccs4)nc3n2)c(C)c1.Cc1cccc(C)c1NCc1cc(=O)n2[nH]c(-c3cccs3)nc2n1.O=c1cc(CNc2cccc(C(F)(F)F)c2)nc2nc(-c3cccs3)[nH]n12. The van der Waals surface area contributed by atoms with E-state index in [4.69, 9.17) is 11.6 Å². The third kappa shape index (κ3) is 21.3. The van der Waals surface area contributed by atoms with E-state index >= 15 is 0 Å². The van der Waals surface area contributed by atoms with Gasteiger partial charge in [-0.05, 0) is 147 Å². The number of alkyl halides is 3. The number of anilines is 4. The van der Waals surface area contributed by atoms with E-state index in [1.54, 1.807) is 40.9 Å². The van der Waals surface area contributed by atoms with E-state index < -0.39 is 11.7 Å². The van der Waals surface area contributed by atoms with Crippen molar-refractivity contribution in [3.63, 3.8) is 0 Å². The Balaban J connectivity index is 0.000000121. The second-order valence-electron chi connectivity index (χ2n) is 28.7. The molecule has 634 valence electrons. The lowest BCUT2D eigenvalue weighted by Crippen LogP contribution is -2.20. The predicted octanol–water partition coefficient (Wildman–Crippen LogP) is 16.2. The van der Waals surface area contributed by atoms with Crippen LogP contribution < -0.4 is 54.4 Å². The van der Waals surface area contributed by atoms with Gasteiger partial charge >= 0.3 is 6.18 Å². The molecule has 0 saturated heterocycles. The summed E-state index contributed by atoms with van der Waals surface area (Å²) in [6.07, 6.45) is -2.16. The number of H-pyrrole nitrogens is 5. The molecule has 13 heterocycles. The number of hydrogen-bond donors (Lipinski definition) is 10. The highest BCUT2D eigenvalue weighted by atomic mass is 35.5.